The molecule has 2 aliphatic heterocycles. The molecule has 0 bridgehead atoms. The second-order valence-electron chi connectivity index (χ2n) is 8.11. The molecule has 0 N–H and O–H groups in total. The molecule has 12 heteroatoms. The van der Waals surface area contributed by atoms with E-state index >= 15 is 0 Å². The van der Waals surface area contributed by atoms with Crippen LogP contribution in [0.1, 0.15) is 31.7 Å². The van der Waals surface area contributed by atoms with Crippen molar-refractivity contribution in [2.75, 3.05) is 50.0 Å². The van der Waals surface area contributed by atoms with Gasteiger partial charge in [0.2, 0.25) is 10.0 Å². The third-order valence-electron chi connectivity index (χ3n) is 5.80. The minimum absolute atomic E-state index is 0.0497. The summed E-state index contributed by atoms with van der Waals surface area (Å²) in [5.74, 6) is -1.21. The molecule has 0 spiro atoms. The van der Waals surface area contributed by atoms with Crippen LogP contribution >= 0.6 is 0 Å². The van der Waals surface area contributed by atoms with Crippen molar-refractivity contribution in [3.63, 3.8) is 0 Å². The minimum Gasteiger partial charge on any atom is -0.454 e. The van der Waals surface area contributed by atoms with E-state index in [2.05, 4.69) is 0 Å². The zero-order chi connectivity index (χ0) is 24.2. The maximum atomic E-state index is 12.9. The standard InChI is InChI=1S/C21H28F3N3O5S/c1-2-13-33(30,31)27-8-4-7-18(27)20(29)32-15-19(28)26-11-9-25(10-12-26)17-6-3-5-16(14-17)21(22,23)24/h3,5-6,14,18H,2,4,7-13,15H2,1H3. The smallest absolute Gasteiger partial charge is 0.416 e. The molecular weight excluding hydrogens is 463 g/mol. The number of carbonyl (C=O) groups is 2. The summed E-state index contributed by atoms with van der Waals surface area (Å²) < 4.78 is 69.8. The fraction of sp³-hybridized carbons (Fsp3) is 0.619. The molecule has 184 valence electrons. The number of carbonyl (C=O) groups excluding carboxylic acids is 2. The lowest BCUT2D eigenvalue weighted by Crippen LogP contribution is -2.50. The summed E-state index contributed by atoms with van der Waals surface area (Å²) in [5, 5.41) is 0. The van der Waals surface area contributed by atoms with Gasteiger partial charge in [-0.1, -0.05) is 13.0 Å². The predicted octanol–water partition coefficient (Wildman–Crippen LogP) is 2.10. The first-order valence-electron chi connectivity index (χ1n) is 10.9. The van der Waals surface area contributed by atoms with Crippen LogP contribution in [0, 0.1) is 0 Å². The lowest BCUT2D eigenvalue weighted by Gasteiger charge is -2.36. The fourth-order valence-electron chi connectivity index (χ4n) is 4.10. The van der Waals surface area contributed by atoms with Gasteiger partial charge in [-0.05, 0) is 37.5 Å². The summed E-state index contributed by atoms with van der Waals surface area (Å²) in [6.45, 7) is 2.72. The van der Waals surface area contributed by atoms with Crippen LogP contribution < -0.4 is 4.90 Å². The molecule has 0 aromatic heterocycles. The van der Waals surface area contributed by atoms with Crippen molar-refractivity contribution in [2.45, 2.75) is 38.4 Å². The summed E-state index contributed by atoms with van der Waals surface area (Å²) in [6.07, 6.45) is -3.09. The van der Waals surface area contributed by atoms with Crippen molar-refractivity contribution in [1.29, 1.82) is 0 Å². The number of ether oxygens (including phenoxy) is 1. The number of halogens is 3. The molecule has 0 radical (unpaired) electrons. The van der Waals surface area contributed by atoms with Crippen molar-refractivity contribution in [2.24, 2.45) is 0 Å². The SMILES string of the molecule is CCCS(=O)(=O)N1CCCC1C(=O)OCC(=O)N1CCN(c2cccc(C(F)(F)F)c2)CC1. The summed E-state index contributed by atoms with van der Waals surface area (Å²) in [5.41, 5.74) is -0.301. The Morgan fingerprint density at radius 3 is 2.45 bits per heavy atom. The third-order valence-corrected chi connectivity index (χ3v) is 7.88. The van der Waals surface area contributed by atoms with Crippen molar-refractivity contribution >= 4 is 27.6 Å². The molecule has 8 nitrogen and oxygen atoms in total. The second-order valence-corrected chi connectivity index (χ2v) is 10.1. The molecule has 1 atom stereocenters. The van der Waals surface area contributed by atoms with Crippen molar-refractivity contribution < 1.29 is 35.9 Å². The highest BCUT2D eigenvalue weighted by Crippen LogP contribution is 2.32. The highest BCUT2D eigenvalue weighted by atomic mass is 32.2. The topological polar surface area (TPSA) is 87.2 Å². The number of nitrogens with zero attached hydrogens (tertiary/aromatic N) is 3. The number of hydrogen-bond acceptors (Lipinski definition) is 6. The molecule has 0 saturated carbocycles. The number of alkyl halides is 3. The number of piperazine rings is 1. The van der Waals surface area contributed by atoms with Crippen molar-refractivity contribution in [3.8, 4) is 0 Å². The molecule has 1 aromatic rings. The van der Waals surface area contributed by atoms with Gasteiger partial charge in [-0.2, -0.15) is 17.5 Å². The Morgan fingerprint density at radius 2 is 1.82 bits per heavy atom. The highest BCUT2D eigenvalue weighted by molar-refractivity contribution is 7.89. The van der Waals surface area contributed by atoms with E-state index < -0.39 is 46.3 Å². The maximum Gasteiger partial charge on any atom is 0.416 e. The third kappa shape index (κ3) is 6.17. The van der Waals surface area contributed by atoms with Gasteiger partial charge in [0.25, 0.3) is 5.91 Å². The van der Waals surface area contributed by atoms with Crippen LogP contribution in [0.4, 0.5) is 18.9 Å². The van der Waals surface area contributed by atoms with E-state index in [-0.39, 0.29) is 25.4 Å². The average Bonchev–Trinajstić information content (AvgIpc) is 3.28. The molecule has 2 saturated heterocycles. The molecular formula is C21H28F3N3O5S. The Morgan fingerprint density at radius 1 is 1.12 bits per heavy atom. The minimum atomic E-state index is -4.43. The first kappa shape index (κ1) is 25.3. The number of rotatable bonds is 7. The lowest BCUT2D eigenvalue weighted by molar-refractivity contribution is -0.154. The van der Waals surface area contributed by atoms with Gasteiger partial charge >= 0.3 is 12.1 Å². The Balaban J connectivity index is 1.50. The van der Waals surface area contributed by atoms with Crippen LogP contribution in [-0.4, -0.2) is 80.6 Å². The van der Waals surface area contributed by atoms with Crippen LogP contribution in [-0.2, 0) is 30.5 Å². The Hall–Kier alpha value is -2.34. The summed E-state index contributed by atoms with van der Waals surface area (Å²) in [6, 6.07) is 4.12. The van der Waals surface area contributed by atoms with Gasteiger partial charge in [0.05, 0.1) is 11.3 Å². The summed E-state index contributed by atoms with van der Waals surface area (Å²) in [7, 11) is -3.55. The van der Waals surface area contributed by atoms with Crippen molar-refractivity contribution in [1.82, 2.24) is 9.21 Å². The van der Waals surface area contributed by atoms with E-state index in [9.17, 15) is 31.2 Å². The molecule has 3 rings (SSSR count). The van der Waals surface area contributed by atoms with E-state index in [0.29, 0.717) is 38.0 Å². The Labute approximate surface area is 191 Å². The van der Waals surface area contributed by atoms with Crippen LogP contribution in [0.25, 0.3) is 0 Å². The van der Waals surface area contributed by atoms with E-state index in [4.69, 9.17) is 4.74 Å². The highest BCUT2D eigenvalue weighted by Gasteiger charge is 2.39. The van der Waals surface area contributed by atoms with Gasteiger partial charge in [0.1, 0.15) is 6.04 Å². The van der Waals surface area contributed by atoms with Gasteiger partial charge < -0.3 is 14.5 Å². The zero-order valence-corrected chi connectivity index (χ0v) is 19.2. The molecule has 1 amide bonds. The number of hydrogen-bond donors (Lipinski definition) is 0. The number of amides is 1. The Bertz CT molecular complexity index is 962. The molecule has 2 heterocycles. The van der Waals surface area contributed by atoms with E-state index in [1.807, 2.05) is 0 Å². The molecule has 2 aliphatic rings. The molecule has 1 aromatic carbocycles. The van der Waals surface area contributed by atoms with Gasteiger partial charge in [0, 0.05) is 38.4 Å². The van der Waals surface area contributed by atoms with Crippen LogP contribution in [0.2, 0.25) is 0 Å². The average molecular weight is 492 g/mol. The summed E-state index contributed by atoms with van der Waals surface area (Å²) in [4.78, 5) is 28.2. The number of esters is 1. The normalized spacial score (nSPS) is 20.2. The lowest BCUT2D eigenvalue weighted by atomic mass is 10.1. The second kappa shape index (κ2) is 10.3. The predicted molar refractivity (Wildman–Crippen MR) is 115 cm³/mol. The fourth-order valence-corrected chi connectivity index (χ4v) is 5.83. The van der Waals surface area contributed by atoms with E-state index in [0.717, 1.165) is 16.4 Å². The number of benzene rings is 1. The molecule has 2 fully saturated rings. The van der Waals surface area contributed by atoms with Crippen LogP contribution in [0.3, 0.4) is 0 Å². The van der Waals surface area contributed by atoms with Gasteiger partial charge in [0.15, 0.2) is 6.61 Å². The largest absolute Gasteiger partial charge is 0.454 e. The van der Waals surface area contributed by atoms with Crippen molar-refractivity contribution in [3.05, 3.63) is 29.8 Å². The first-order chi connectivity index (χ1) is 15.5. The quantitative estimate of drug-likeness (QED) is 0.543. The Kier molecular flexibility index (Phi) is 7.88. The molecule has 0 aliphatic carbocycles. The maximum absolute atomic E-state index is 12.9. The zero-order valence-electron chi connectivity index (χ0n) is 18.4. The van der Waals surface area contributed by atoms with E-state index in [1.165, 1.54) is 11.0 Å². The van der Waals surface area contributed by atoms with Crippen LogP contribution in [0.15, 0.2) is 24.3 Å². The van der Waals surface area contributed by atoms with Crippen LogP contribution in [0.5, 0.6) is 0 Å². The molecule has 33 heavy (non-hydrogen) atoms. The van der Waals surface area contributed by atoms with Gasteiger partial charge in [-0.15, -0.1) is 0 Å². The first-order valence-corrected chi connectivity index (χ1v) is 12.5. The van der Waals surface area contributed by atoms with E-state index in [1.54, 1.807) is 17.9 Å². The number of anilines is 1. The monoisotopic (exact) mass is 491 g/mol. The number of sulfonamides is 1. The summed E-state index contributed by atoms with van der Waals surface area (Å²) >= 11 is 0. The molecule has 1 unspecified atom stereocenters. The van der Waals surface area contributed by atoms with Gasteiger partial charge in [-0.25, -0.2) is 8.42 Å². The van der Waals surface area contributed by atoms with Gasteiger partial charge in [-0.3, -0.25) is 9.59 Å².